The highest BCUT2D eigenvalue weighted by atomic mass is 32.2. The van der Waals surface area contributed by atoms with Crippen LogP contribution in [0.3, 0.4) is 0 Å². The Labute approximate surface area is 174 Å². The molecule has 0 atom stereocenters. The van der Waals surface area contributed by atoms with Crippen molar-refractivity contribution in [3.63, 3.8) is 0 Å². The van der Waals surface area contributed by atoms with Gasteiger partial charge in [0.2, 0.25) is 10.0 Å². The number of halogens is 1. The number of anilines is 1. The van der Waals surface area contributed by atoms with Gasteiger partial charge in [-0.2, -0.15) is 0 Å². The van der Waals surface area contributed by atoms with Crippen molar-refractivity contribution >= 4 is 43.0 Å². The van der Waals surface area contributed by atoms with Gasteiger partial charge in [-0.25, -0.2) is 17.1 Å². The molecule has 1 heterocycles. The number of nitrogens with one attached hydrogen (secondary N) is 1. The third-order valence-corrected chi connectivity index (χ3v) is 7.88. The number of fused-ring (bicyclic) bond motifs is 1. The molecule has 154 valence electrons. The lowest BCUT2D eigenvalue weighted by atomic mass is 10.1. The van der Waals surface area contributed by atoms with Crippen LogP contribution in [0.4, 0.5) is 10.1 Å². The van der Waals surface area contributed by atoms with Crippen LogP contribution < -0.4 is 5.32 Å². The molecule has 0 bridgehead atoms. The zero-order valence-electron chi connectivity index (χ0n) is 16.5. The monoisotopic (exact) mass is 434 g/mol. The zero-order valence-corrected chi connectivity index (χ0v) is 18.2. The number of thiophene rings is 1. The number of sulfonamides is 1. The van der Waals surface area contributed by atoms with Gasteiger partial charge in [-0.15, -0.1) is 11.3 Å². The summed E-state index contributed by atoms with van der Waals surface area (Å²) in [4.78, 5) is 13.3. The Morgan fingerprint density at radius 2 is 1.86 bits per heavy atom. The number of benzene rings is 2. The number of carbonyl (C=O) groups excluding carboxylic acids is 1. The van der Waals surface area contributed by atoms with Gasteiger partial charge in [0.15, 0.2) is 0 Å². The quantitative estimate of drug-likeness (QED) is 0.568. The number of hydrogen-bond acceptors (Lipinski definition) is 4. The van der Waals surface area contributed by atoms with Crippen LogP contribution in [-0.2, 0) is 10.0 Å². The molecular weight excluding hydrogens is 411 g/mol. The first-order valence-electron chi connectivity index (χ1n) is 9.31. The molecule has 0 fully saturated rings. The van der Waals surface area contributed by atoms with Crippen LogP contribution in [-0.4, -0.2) is 32.2 Å². The molecule has 2 aromatic carbocycles. The van der Waals surface area contributed by atoms with E-state index in [1.807, 2.05) is 6.92 Å². The van der Waals surface area contributed by atoms with Crippen molar-refractivity contribution in [3.8, 4) is 0 Å². The van der Waals surface area contributed by atoms with Gasteiger partial charge < -0.3 is 5.32 Å². The summed E-state index contributed by atoms with van der Waals surface area (Å²) in [6.07, 6.45) is 1.70. The molecule has 0 spiro atoms. The summed E-state index contributed by atoms with van der Waals surface area (Å²) < 4.78 is 41.3. The van der Waals surface area contributed by atoms with Crippen molar-refractivity contribution in [1.82, 2.24) is 4.31 Å². The Balaban J connectivity index is 1.79. The lowest BCUT2D eigenvalue weighted by Gasteiger charge is -2.17. The van der Waals surface area contributed by atoms with E-state index in [4.69, 9.17) is 0 Å². The molecular formula is C21H23FN2O3S2. The summed E-state index contributed by atoms with van der Waals surface area (Å²) in [7, 11) is -2.00. The van der Waals surface area contributed by atoms with E-state index in [-0.39, 0.29) is 16.6 Å². The lowest BCUT2D eigenvalue weighted by Crippen LogP contribution is -2.27. The van der Waals surface area contributed by atoms with Crippen LogP contribution in [0, 0.1) is 12.7 Å². The van der Waals surface area contributed by atoms with Crippen molar-refractivity contribution in [2.75, 3.05) is 18.9 Å². The van der Waals surface area contributed by atoms with E-state index in [1.165, 1.54) is 33.8 Å². The summed E-state index contributed by atoms with van der Waals surface area (Å²) in [6.45, 7) is 4.18. The smallest absolute Gasteiger partial charge is 0.266 e. The molecule has 1 amide bonds. The fourth-order valence-electron chi connectivity index (χ4n) is 3.05. The topological polar surface area (TPSA) is 66.5 Å². The number of aryl methyl sites for hydroxylation is 1. The number of amides is 1. The van der Waals surface area contributed by atoms with E-state index in [2.05, 4.69) is 5.32 Å². The van der Waals surface area contributed by atoms with E-state index >= 15 is 0 Å². The van der Waals surface area contributed by atoms with Gasteiger partial charge in [-0.1, -0.05) is 19.4 Å². The third kappa shape index (κ3) is 4.34. The predicted octanol–water partition coefficient (Wildman–Crippen LogP) is 5.02. The maximum Gasteiger partial charge on any atom is 0.266 e. The largest absolute Gasteiger partial charge is 0.321 e. The van der Waals surface area contributed by atoms with Crippen LogP contribution >= 0.6 is 11.3 Å². The molecule has 3 rings (SSSR count). The van der Waals surface area contributed by atoms with Gasteiger partial charge in [0.05, 0.1) is 9.77 Å². The number of carbonyl (C=O) groups is 1. The van der Waals surface area contributed by atoms with E-state index in [9.17, 15) is 17.6 Å². The second-order valence-corrected chi connectivity index (χ2v) is 9.92. The Morgan fingerprint density at radius 3 is 2.48 bits per heavy atom. The molecule has 3 aromatic rings. The van der Waals surface area contributed by atoms with Crippen molar-refractivity contribution < 1.29 is 17.6 Å². The fourth-order valence-corrected chi connectivity index (χ4v) is 5.38. The van der Waals surface area contributed by atoms with Gasteiger partial charge in [-0.05, 0) is 55.3 Å². The zero-order chi connectivity index (χ0) is 21.2. The molecule has 8 heteroatoms. The summed E-state index contributed by atoms with van der Waals surface area (Å²) in [5.74, 6) is -0.698. The number of nitrogens with zero attached hydrogens (tertiary/aromatic N) is 1. The van der Waals surface area contributed by atoms with Crippen LogP contribution in [0.15, 0.2) is 47.4 Å². The number of rotatable bonds is 7. The van der Waals surface area contributed by atoms with Gasteiger partial charge in [0.1, 0.15) is 5.82 Å². The van der Waals surface area contributed by atoms with E-state index in [0.717, 1.165) is 12.8 Å². The van der Waals surface area contributed by atoms with E-state index in [1.54, 1.807) is 38.2 Å². The Bertz CT molecular complexity index is 1140. The summed E-state index contributed by atoms with van der Waals surface area (Å²) in [5, 5.41) is 3.22. The first-order chi connectivity index (χ1) is 13.8. The molecule has 1 N–H and O–H groups in total. The molecule has 0 aliphatic rings. The predicted molar refractivity (Wildman–Crippen MR) is 116 cm³/mol. The van der Waals surface area contributed by atoms with Crippen molar-refractivity contribution in [2.45, 2.75) is 31.6 Å². The SMILES string of the molecule is CCCCN(C)S(=O)(=O)c1ccc(NC(=O)c2sc3cccc(F)c3c2C)cc1. The van der Waals surface area contributed by atoms with Crippen LogP contribution in [0.1, 0.15) is 35.0 Å². The van der Waals surface area contributed by atoms with Crippen LogP contribution in [0.25, 0.3) is 10.1 Å². The molecule has 1 aromatic heterocycles. The second-order valence-electron chi connectivity index (χ2n) is 6.83. The molecule has 0 aliphatic carbocycles. The van der Waals surface area contributed by atoms with Gasteiger partial charge in [0.25, 0.3) is 5.91 Å². The minimum absolute atomic E-state index is 0.175. The average molecular weight is 435 g/mol. The standard InChI is InChI=1S/C21H23FN2O3S2/c1-4-5-13-24(3)29(26,27)16-11-9-15(10-12-16)23-21(25)20-14(2)19-17(22)7-6-8-18(19)28-20/h6-12H,4-5,13H2,1-3H3,(H,23,25). The first kappa shape index (κ1) is 21.4. The molecule has 0 unspecified atom stereocenters. The fraction of sp³-hybridized carbons (Fsp3) is 0.286. The first-order valence-corrected chi connectivity index (χ1v) is 11.6. The minimum atomic E-state index is -3.56. The third-order valence-electron chi connectivity index (χ3n) is 4.76. The molecule has 5 nitrogen and oxygen atoms in total. The second kappa shape index (κ2) is 8.61. The molecule has 0 saturated heterocycles. The van der Waals surface area contributed by atoms with E-state index < -0.39 is 10.0 Å². The van der Waals surface area contributed by atoms with Crippen LogP contribution in [0.5, 0.6) is 0 Å². The average Bonchev–Trinajstić information content (AvgIpc) is 3.04. The maximum atomic E-state index is 14.1. The maximum absolute atomic E-state index is 14.1. The van der Waals surface area contributed by atoms with Gasteiger partial charge >= 0.3 is 0 Å². The Hall–Kier alpha value is -2.29. The van der Waals surface area contributed by atoms with Crippen molar-refractivity contribution in [1.29, 1.82) is 0 Å². The van der Waals surface area contributed by atoms with E-state index in [0.29, 0.717) is 32.8 Å². The minimum Gasteiger partial charge on any atom is -0.321 e. The van der Waals surface area contributed by atoms with Crippen molar-refractivity contribution in [2.24, 2.45) is 0 Å². The van der Waals surface area contributed by atoms with Crippen LogP contribution in [0.2, 0.25) is 0 Å². The van der Waals surface area contributed by atoms with Gasteiger partial charge in [-0.3, -0.25) is 4.79 Å². The molecule has 29 heavy (non-hydrogen) atoms. The molecule has 0 saturated carbocycles. The highest BCUT2D eigenvalue weighted by molar-refractivity contribution is 7.89. The summed E-state index contributed by atoms with van der Waals surface area (Å²) in [6, 6.07) is 10.8. The van der Waals surface area contributed by atoms with Crippen molar-refractivity contribution in [3.05, 3.63) is 58.7 Å². The number of unbranched alkanes of at least 4 members (excludes halogenated alkanes) is 1. The molecule has 0 radical (unpaired) electrons. The summed E-state index contributed by atoms with van der Waals surface area (Å²) >= 11 is 1.23. The highest BCUT2D eigenvalue weighted by Gasteiger charge is 2.21. The normalized spacial score (nSPS) is 11.9. The summed E-state index contributed by atoms with van der Waals surface area (Å²) in [5.41, 5.74) is 1.07. The Kier molecular flexibility index (Phi) is 6.36. The lowest BCUT2D eigenvalue weighted by molar-refractivity contribution is 0.103. The Morgan fingerprint density at radius 1 is 1.17 bits per heavy atom. The molecule has 0 aliphatic heterocycles. The highest BCUT2D eigenvalue weighted by Crippen LogP contribution is 2.33. The number of hydrogen-bond donors (Lipinski definition) is 1. The van der Waals surface area contributed by atoms with Gasteiger partial charge in [0, 0.05) is 29.4 Å².